The molecule has 2 atom stereocenters. The van der Waals surface area contributed by atoms with Gasteiger partial charge in [0, 0.05) is 6.42 Å². The first-order chi connectivity index (χ1) is 16.7. The third-order valence-corrected chi connectivity index (χ3v) is 5.62. The van der Waals surface area contributed by atoms with E-state index >= 15 is 0 Å². The van der Waals surface area contributed by atoms with Crippen molar-refractivity contribution in [2.45, 2.75) is 51.4 Å². The number of carboxylic acids is 1. The highest BCUT2D eigenvalue weighted by Gasteiger charge is 2.17. The molecule has 0 aliphatic rings. The van der Waals surface area contributed by atoms with Crippen LogP contribution in [0, 0.1) is 5.82 Å². The molecule has 3 aromatic rings. The summed E-state index contributed by atoms with van der Waals surface area (Å²) < 4.78 is 19.7. The Morgan fingerprint density at radius 2 is 1.71 bits per heavy atom. The van der Waals surface area contributed by atoms with Crippen LogP contribution >= 0.6 is 0 Å². The Morgan fingerprint density at radius 3 is 2.34 bits per heavy atom. The number of benzene rings is 3. The van der Waals surface area contributed by atoms with Gasteiger partial charge >= 0.3 is 5.97 Å². The molecule has 0 radical (unpaired) electrons. The van der Waals surface area contributed by atoms with E-state index in [9.17, 15) is 19.4 Å². The first-order valence-corrected chi connectivity index (χ1v) is 11.6. The van der Waals surface area contributed by atoms with Crippen molar-refractivity contribution in [1.29, 1.82) is 0 Å². The minimum Gasteiger partial charge on any atom is -0.489 e. The van der Waals surface area contributed by atoms with Gasteiger partial charge in [-0.15, -0.1) is 0 Å². The van der Waals surface area contributed by atoms with Crippen molar-refractivity contribution in [1.82, 2.24) is 0 Å². The van der Waals surface area contributed by atoms with Crippen molar-refractivity contribution in [2.75, 3.05) is 0 Å². The zero-order valence-corrected chi connectivity index (χ0v) is 19.9. The molecule has 0 fully saturated rings. The molecule has 5 nitrogen and oxygen atoms in total. The fourth-order valence-corrected chi connectivity index (χ4v) is 3.85. The second-order valence-electron chi connectivity index (χ2n) is 8.82. The molecule has 0 aliphatic carbocycles. The molecule has 35 heavy (non-hydrogen) atoms. The first-order valence-electron chi connectivity index (χ1n) is 11.6. The van der Waals surface area contributed by atoms with E-state index in [-0.39, 0.29) is 18.2 Å². The number of rotatable bonds is 11. The summed E-state index contributed by atoms with van der Waals surface area (Å²) in [6.45, 7) is 4.50. The zero-order chi connectivity index (χ0) is 25.4. The number of aliphatic carboxylic acids is 1. The van der Waals surface area contributed by atoms with Crippen LogP contribution < -0.4 is 4.74 Å². The van der Waals surface area contributed by atoms with Crippen LogP contribution in [-0.2, 0) is 11.4 Å². The van der Waals surface area contributed by atoms with Crippen LogP contribution in [0.4, 0.5) is 4.39 Å². The topological polar surface area (TPSA) is 87.0 Å². The van der Waals surface area contributed by atoms with E-state index in [1.54, 1.807) is 24.3 Å². The van der Waals surface area contributed by atoms with Crippen molar-refractivity contribution in [3.8, 4) is 16.9 Å². The third-order valence-electron chi connectivity index (χ3n) is 5.62. The van der Waals surface area contributed by atoms with Crippen LogP contribution in [-0.4, -0.2) is 33.5 Å². The molecule has 6 heteroatoms. The Hall–Kier alpha value is -3.48. The minimum atomic E-state index is -1.15. The van der Waals surface area contributed by atoms with Gasteiger partial charge in [-0.1, -0.05) is 68.5 Å². The van der Waals surface area contributed by atoms with Gasteiger partial charge in [0.2, 0.25) is 0 Å². The van der Waals surface area contributed by atoms with E-state index < -0.39 is 24.6 Å². The first kappa shape index (κ1) is 26.1. The summed E-state index contributed by atoms with van der Waals surface area (Å²) in [7, 11) is 0. The van der Waals surface area contributed by atoms with Gasteiger partial charge in [0.1, 0.15) is 18.2 Å². The normalized spacial score (nSPS) is 13.2. The molecule has 0 aromatic heterocycles. The molecule has 3 N–H and O–H groups in total. The Morgan fingerprint density at radius 1 is 1.03 bits per heavy atom. The summed E-state index contributed by atoms with van der Waals surface area (Å²) in [4.78, 5) is 10.8. The highest BCUT2D eigenvalue weighted by molar-refractivity contribution is 5.79. The highest BCUT2D eigenvalue weighted by Crippen LogP contribution is 2.36. The molecule has 2 unspecified atom stereocenters. The maximum absolute atomic E-state index is 13.6. The summed E-state index contributed by atoms with van der Waals surface area (Å²) in [5, 5.41) is 29.1. The lowest BCUT2D eigenvalue weighted by atomic mass is 9.89. The largest absolute Gasteiger partial charge is 0.489 e. The summed E-state index contributed by atoms with van der Waals surface area (Å²) in [5.41, 5.74) is 4.45. The van der Waals surface area contributed by atoms with Crippen molar-refractivity contribution in [2.24, 2.45) is 0 Å². The monoisotopic (exact) mass is 478 g/mol. The Kier molecular flexibility index (Phi) is 9.18. The number of carboxylic acid groups (broad SMARTS) is 1. The van der Waals surface area contributed by atoms with Gasteiger partial charge < -0.3 is 20.1 Å². The fraction of sp³-hybridized carbons (Fsp3) is 0.276. The molecule has 0 heterocycles. The number of hydrogen-bond acceptors (Lipinski definition) is 4. The molecule has 0 saturated heterocycles. The molecule has 3 rings (SSSR count). The van der Waals surface area contributed by atoms with E-state index in [2.05, 4.69) is 13.8 Å². The molecule has 0 spiro atoms. The summed E-state index contributed by atoms with van der Waals surface area (Å²) in [5.74, 6) is -0.676. The highest BCUT2D eigenvalue weighted by atomic mass is 19.1. The van der Waals surface area contributed by atoms with Gasteiger partial charge in [-0.2, -0.15) is 0 Å². The van der Waals surface area contributed by atoms with Gasteiger partial charge in [-0.05, 0) is 58.0 Å². The van der Waals surface area contributed by atoms with Crippen molar-refractivity contribution in [3.63, 3.8) is 0 Å². The molecule has 0 saturated carbocycles. The lowest BCUT2D eigenvalue weighted by molar-refractivity contribution is -0.139. The fourth-order valence-electron chi connectivity index (χ4n) is 3.85. The zero-order valence-electron chi connectivity index (χ0n) is 19.9. The lowest BCUT2D eigenvalue weighted by Crippen LogP contribution is -2.19. The average Bonchev–Trinajstić information content (AvgIpc) is 2.81. The van der Waals surface area contributed by atoms with Gasteiger partial charge in [0.15, 0.2) is 0 Å². The number of ether oxygens (including phenoxy) is 1. The maximum atomic E-state index is 13.6. The van der Waals surface area contributed by atoms with Crippen LogP contribution in [0.2, 0.25) is 0 Å². The molecule has 0 aliphatic heterocycles. The maximum Gasteiger partial charge on any atom is 0.305 e. The van der Waals surface area contributed by atoms with E-state index in [1.165, 1.54) is 12.1 Å². The molecule has 3 aromatic carbocycles. The summed E-state index contributed by atoms with van der Waals surface area (Å²) in [6.07, 6.45) is 0.610. The van der Waals surface area contributed by atoms with Gasteiger partial charge in [0.25, 0.3) is 0 Å². The predicted octanol–water partition coefficient (Wildman–Crippen LogP) is 5.79. The smallest absolute Gasteiger partial charge is 0.305 e. The Bertz CT molecular complexity index is 1140. The van der Waals surface area contributed by atoms with Crippen LogP contribution in [0.3, 0.4) is 0 Å². The molecule has 0 amide bonds. The van der Waals surface area contributed by atoms with Crippen molar-refractivity contribution < 1.29 is 29.2 Å². The number of aliphatic hydroxyl groups is 2. The van der Waals surface area contributed by atoms with Crippen LogP contribution in [0.1, 0.15) is 49.3 Å². The Balaban J connectivity index is 1.98. The minimum absolute atomic E-state index is 0.0933. The summed E-state index contributed by atoms with van der Waals surface area (Å²) >= 11 is 0. The lowest BCUT2D eigenvalue weighted by Gasteiger charge is -2.19. The SMILES string of the molecule is CC(C)c1cc(OCc2ccccc2)cc(-c2ccc(F)cc2)c1C=CC(O)CC(O)CC(=O)O. The van der Waals surface area contributed by atoms with Crippen molar-refractivity contribution >= 4 is 12.0 Å². The molecule has 184 valence electrons. The average molecular weight is 479 g/mol. The van der Waals surface area contributed by atoms with Crippen LogP contribution in [0.5, 0.6) is 5.75 Å². The van der Waals surface area contributed by atoms with E-state index in [4.69, 9.17) is 9.84 Å². The molecular weight excluding hydrogens is 447 g/mol. The Labute approximate surface area is 205 Å². The van der Waals surface area contributed by atoms with E-state index in [0.29, 0.717) is 12.4 Å². The molecule has 0 bridgehead atoms. The van der Waals surface area contributed by atoms with E-state index in [0.717, 1.165) is 27.8 Å². The second kappa shape index (κ2) is 12.3. The van der Waals surface area contributed by atoms with Crippen molar-refractivity contribution in [3.05, 3.63) is 95.3 Å². The van der Waals surface area contributed by atoms with Gasteiger partial charge in [0.05, 0.1) is 18.6 Å². The van der Waals surface area contributed by atoms with Gasteiger partial charge in [-0.3, -0.25) is 4.79 Å². The van der Waals surface area contributed by atoms with Gasteiger partial charge in [-0.25, -0.2) is 4.39 Å². The van der Waals surface area contributed by atoms with E-state index in [1.807, 2.05) is 42.5 Å². The van der Waals surface area contributed by atoms with Crippen LogP contribution in [0.25, 0.3) is 17.2 Å². The third kappa shape index (κ3) is 7.77. The standard InChI is InChI=1S/C29H31FO5/c1-19(2)27-16-25(35-18-20-6-4-3-5-7-20)17-28(21-8-10-22(30)11-9-21)26(27)13-12-23(31)14-24(32)15-29(33)34/h3-13,16-17,19,23-24,31-32H,14-15,18H2,1-2H3,(H,33,34). The number of carbonyl (C=O) groups is 1. The summed E-state index contributed by atoms with van der Waals surface area (Å²) in [6, 6.07) is 19.9. The van der Waals surface area contributed by atoms with Crippen LogP contribution in [0.15, 0.2) is 72.8 Å². The predicted molar refractivity (Wildman–Crippen MR) is 135 cm³/mol. The second-order valence-corrected chi connectivity index (χ2v) is 8.82. The number of hydrogen-bond donors (Lipinski definition) is 3. The number of aliphatic hydroxyl groups excluding tert-OH is 2. The number of halogens is 1. The quantitative estimate of drug-likeness (QED) is 0.324. The molecular formula is C29H31FO5.